The van der Waals surface area contributed by atoms with Crippen molar-refractivity contribution in [2.45, 2.75) is 32.7 Å². The number of benzene rings is 1. The molecule has 0 saturated heterocycles. The van der Waals surface area contributed by atoms with Gasteiger partial charge in [0.2, 0.25) is 0 Å². The molecule has 0 N–H and O–H groups in total. The Balaban J connectivity index is 1.84. The fourth-order valence-corrected chi connectivity index (χ4v) is 3.02. The average Bonchev–Trinajstić information content (AvgIpc) is 3.07. The molecule has 1 aliphatic carbocycles. The Morgan fingerprint density at radius 1 is 1.26 bits per heavy atom. The van der Waals surface area contributed by atoms with Crippen LogP contribution >= 0.6 is 0 Å². The third-order valence-electron chi connectivity index (χ3n) is 4.13. The first-order valence-electron chi connectivity index (χ1n) is 7.82. The van der Waals surface area contributed by atoms with Crippen LogP contribution in [0.25, 0.3) is 0 Å². The molecule has 1 atom stereocenters. The summed E-state index contributed by atoms with van der Waals surface area (Å²) in [5.74, 6) is -0.683. The van der Waals surface area contributed by atoms with E-state index in [2.05, 4.69) is 0 Å². The highest BCUT2D eigenvalue weighted by Gasteiger charge is 2.36. The number of fused-ring (bicyclic) bond motifs is 1. The van der Waals surface area contributed by atoms with Crippen molar-refractivity contribution in [2.24, 2.45) is 5.92 Å². The van der Waals surface area contributed by atoms with Gasteiger partial charge in [0, 0.05) is 12.2 Å². The van der Waals surface area contributed by atoms with Crippen molar-refractivity contribution in [3.05, 3.63) is 47.0 Å². The van der Waals surface area contributed by atoms with Crippen LogP contribution in [0.5, 0.6) is 0 Å². The Morgan fingerprint density at radius 3 is 2.61 bits per heavy atom. The van der Waals surface area contributed by atoms with Crippen molar-refractivity contribution in [3.63, 3.8) is 0 Å². The van der Waals surface area contributed by atoms with Crippen molar-refractivity contribution >= 4 is 17.8 Å². The highest BCUT2D eigenvalue weighted by atomic mass is 16.5. The van der Waals surface area contributed by atoms with E-state index in [1.165, 1.54) is 17.1 Å². The topological polar surface area (TPSA) is 63.7 Å². The Kier molecular flexibility index (Phi) is 4.03. The SMILES string of the molecule is CC(C)COC(=O)c1ccc2c(c1)[C@@H](N1C(=O)C=CC1=O)CC2. The lowest BCUT2D eigenvalue weighted by Gasteiger charge is -2.23. The zero-order chi connectivity index (χ0) is 16.6. The number of hydrogen-bond donors (Lipinski definition) is 0. The molecule has 5 heteroatoms. The van der Waals surface area contributed by atoms with Gasteiger partial charge in [0.1, 0.15) is 0 Å². The molecule has 2 aliphatic rings. The van der Waals surface area contributed by atoms with Crippen LogP contribution in [0.15, 0.2) is 30.4 Å². The summed E-state index contributed by atoms with van der Waals surface area (Å²) in [4.78, 5) is 37.2. The summed E-state index contributed by atoms with van der Waals surface area (Å²) in [6.45, 7) is 4.32. The fourth-order valence-electron chi connectivity index (χ4n) is 3.02. The fraction of sp³-hybridized carbons (Fsp3) is 0.389. The maximum Gasteiger partial charge on any atom is 0.338 e. The standard InChI is InChI=1S/C18H19NO4/c1-11(2)10-23-18(22)13-4-3-12-5-6-15(14(12)9-13)19-16(20)7-8-17(19)21/h3-4,7-9,11,15H,5-6,10H2,1-2H3/t15-/m0/s1. The van der Waals surface area contributed by atoms with Gasteiger partial charge in [-0.15, -0.1) is 0 Å². The second-order valence-electron chi connectivity index (χ2n) is 6.34. The van der Waals surface area contributed by atoms with Gasteiger partial charge in [0.05, 0.1) is 18.2 Å². The van der Waals surface area contributed by atoms with Gasteiger partial charge in [-0.3, -0.25) is 14.5 Å². The molecule has 0 unspecified atom stereocenters. The van der Waals surface area contributed by atoms with Crippen molar-refractivity contribution in [1.82, 2.24) is 4.90 Å². The average molecular weight is 313 g/mol. The molecule has 120 valence electrons. The number of ether oxygens (including phenoxy) is 1. The van der Waals surface area contributed by atoms with E-state index < -0.39 is 0 Å². The molecule has 1 heterocycles. The second kappa shape index (κ2) is 5.99. The molecule has 0 aromatic heterocycles. The minimum atomic E-state index is -0.371. The van der Waals surface area contributed by atoms with Crippen LogP contribution in [0, 0.1) is 5.92 Å². The lowest BCUT2D eigenvalue weighted by Crippen LogP contribution is -2.33. The zero-order valence-electron chi connectivity index (χ0n) is 13.2. The molecule has 3 rings (SSSR count). The predicted octanol–water partition coefficient (Wildman–Crippen LogP) is 2.41. The number of hydrogen-bond acceptors (Lipinski definition) is 4. The van der Waals surface area contributed by atoms with Crippen LogP contribution in [0.1, 0.15) is 47.8 Å². The van der Waals surface area contributed by atoms with Crippen molar-refractivity contribution in [1.29, 1.82) is 0 Å². The van der Waals surface area contributed by atoms with Gasteiger partial charge in [-0.25, -0.2) is 4.79 Å². The van der Waals surface area contributed by atoms with Gasteiger partial charge in [-0.05, 0) is 42.0 Å². The number of carbonyl (C=O) groups is 3. The summed E-state index contributed by atoms with van der Waals surface area (Å²) in [7, 11) is 0. The summed E-state index contributed by atoms with van der Waals surface area (Å²) >= 11 is 0. The van der Waals surface area contributed by atoms with Crippen molar-refractivity contribution < 1.29 is 19.1 Å². The first-order valence-corrected chi connectivity index (χ1v) is 7.82. The van der Waals surface area contributed by atoms with Gasteiger partial charge in [-0.1, -0.05) is 19.9 Å². The first kappa shape index (κ1) is 15.5. The lowest BCUT2D eigenvalue weighted by atomic mass is 10.0. The zero-order valence-corrected chi connectivity index (χ0v) is 13.2. The van der Waals surface area contributed by atoms with Gasteiger partial charge in [-0.2, -0.15) is 0 Å². The smallest absolute Gasteiger partial charge is 0.338 e. The minimum Gasteiger partial charge on any atom is -0.462 e. The van der Waals surface area contributed by atoms with Crippen LogP contribution in [-0.4, -0.2) is 29.3 Å². The van der Waals surface area contributed by atoms with Crippen LogP contribution in [0.3, 0.4) is 0 Å². The maximum absolute atomic E-state index is 12.1. The number of aryl methyl sites for hydroxylation is 1. The molecule has 1 aromatic rings. The van der Waals surface area contributed by atoms with Gasteiger partial charge < -0.3 is 4.74 Å². The van der Waals surface area contributed by atoms with Crippen LogP contribution in [0.2, 0.25) is 0 Å². The number of rotatable bonds is 4. The quantitative estimate of drug-likeness (QED) is 0.632. The highest BCUT2D eigenvalue weighted by molar-refractivity contribution is 6.13. The third kappa shape index (κ3) is 2.91. The molecule has 0 fully saturated rings. The van der Waals surface area contributed by atoms with Gasteiger partial charge in [0.25, 0.3) is 11.8 Å². The number of imide groups is 1. The van der Waals surface area contributed by atoms with E-state index in [4.69, 9.17) is 4.74 Å². The summed E-state index contributed by atoms with van der Waals surface area (Å²) in [6, 6.07) is 5.10. The lowest BCUT2D eigenvalue weighted by molar-refractivity contribution is -0.139. The Morgan fingerprint density at radius 2 is 1.96 bits per heavy atom. The van der Waals surface area contributed by atoms with E-state index in [0.717, 1.165) is 17.5 Å². The van der Waals surface area contributed by atoms with E-state index in [9.17, 15) is 14.4 Å². The number of esters is 1. The van der Waals surface area contributed by atoms with E-state index in [0.29, 0.717) is 18.6 Å². The Bertz CT molecular complexity index is 687. The predicted molar refractivity (Wildman–Crippen MR) is 83.6 cm³/mol. The van der Waals surface area contributed by atoms with Crippen LogP contribution in [-0.2, 0) is 20.7 Å². The van der Waals surface area contributed by atoms with E-state index in [1.807, 2.05) is 19.9 Å². The van der Waals surface area contributed by atoms with Crippen LogP contribution in [0.4, 0.5) is 0 Å². The highest BCUT2D eigenvalue weighted by Crippen LogP contribution is 2.37. The van der Waals surface area contributed by atoms with Gasteiger partial charge in [0.15, 0.2) is 0 Å². The third-order valence-corrected chi connectivity index (χ3v) is 4.13. The maximum atomic E-state index is 12.1. The Labute approximate surface area is 134 Å². The molecule has 0 bridgehead atoms. The van der Waals surface area contributed by atoms with Crippen LogP contribution < -0.4 is 0 Å². The molecular formula is C18H19NO4. The molecule has 0 spiro atoms. The van der Waals surface area contributed by atoms with Gasteiger partial charge >= 0.3 is 5.97 Å². The normalized spacial score (nSPS) is 19.6. The largest absolute Gasteiger partial charge is 0.462 e. The number of amides is 2. The summed E-state index contributed by atoms with van der Waals surface area (Å²) in [6.07, 6.45) is 4.07. The molecular weight excluding hydrogens is 294 g/mol. The summed E-state index contributed by atoms with van der Waals surface area (Å²) in [5.41, 5.74) is 2.40. The first-order chi connectivity index (χ1) is 11.0. The Hall–Kier alpha value is -2.43. The molecule has 2 amide bonds. The van der Waals surface area contributed by atoms with E-state index >= 15 is 0 Å². The molecule has 1 aromatic carbocycles. The second-order valence-corrected chi connectivity index (χ2v) is 6.34. The molecule has 0 radical (unpaired) electrons. The molecule has 5 nitrogen and oxygen atoms in total. The summed E-state index contributed by atoms with van der Waals surface area (Å²) < 4.78 is 5.25. The molecule has 1 aliphatic heterocycles. The van der Waals surface area contributed by atoms with Crippen molar-refractivity contribution in [2.75, 3.05) is 6.61 Å². The number of carbonyl (C=O) groups excluding carboxylic acids is 3. The van der Waals surface area contributed by atoms with E-state index in [-0.39, 0.29) is 29.7 Å². The minimum absolute atomic E-state index is 0.270. The monoisotopic (exact) mass is 313 g/mol. The van der Waals surface area contributed by atoms with E-state index in [1.54, 1.807) is 12.1 Å². The molecule has 0 saturated carbocycles. The number of nitrogens with zero attached hydrogens (tertiary/aromatic N) is 1. The van der Waals surface area contributed by atoms with Crippen molar-refractivity contribution in [3.8, 4) is 0 Å². The summed E-state index contributed by atoms with van der Waals surface area (Å²) in [5, 5.41) is 0. The molecule has 23 heavy (non-hydrogen) atoms.